The molecule has 0 atom stereocenters. The number of carbonyl (C=O) groups is 2. The molecule has 174 valence electrons. The molecule has 2 aromatic heterocycles. The van der Waals surface area contributed by atoms with Crippen molar-refractivity contribution in [2.24, 2.45) is 0 Å². The van der Waals surface area contributed by atoms with Gasteiger partial charge in [0.25, 0.3) is 11.1 Å². The van der Waals surface area contributed by atoms with Gasteiger partial charge in [-0.25, -0.2) is 9.97 Å². The lowest BCUT2D eigenvalue weighted by Gasteiger charge is -2.09. The number of carbonyl (C=O) groups excluding carboxylic acids is 2. The molecule has 0 saturated carbocycles. The minimum atomic E-state index is -0.233. The van der Waals surface area contributed by atoms with E-state index in [1.807, 2.05) is 12.1 Å². The van der Waals surface area contributed by atoms with Crippen LogP contribution in [-0.4, -0.2) is 44.0 Å². The first kappa shape index (κ1) is 22.8. The number of aromatic nitrogens is 4. The van der Waals surface area contributed by atoms with Crippen molar-refractivity contribution < 1.29 is 9.59 Å². The Morgan fingerprint density at radius 1 is 0.676 bits per heavy atom. The van der Waals surface area contributed by atoms with Crippen LogP contribution >= 0.6 is 0 Å². The average Bonchev–Trinajstić information content (AvgIpc) is 2.86. The maximum atomic E-state index is 12.4. The molecule has 0 aliphatic carbocycles. The fourth-order valence-corrected chi connectivity index (χ4v) is 3.56. The second-order valence-corrected chi connectivity index (χ2v) is 7.72. The van der Waals surface area contributed by atoms with Crippen molar-refractivity contribution >= 4 is 33.6 Å². The van der Waals surface area contributed by atoms with Crippen molar-refractivity contribution in [2.45, 2.75) is 25.9 Å². The van der Waals surface area contributed by atoms with E-state index in [0.29, 0.717) is 21.8 Å². The quantitative estimate of drug-likeness (QED) is 0.356. The Kier molecular flexibility index (Phi) is 7.07. The first-order valence-corrected chi connectivity index (χ1v) is 10.9. The number of fused-ring (bicyclic) bond motifs is 2. The highest BCUT2D eigenvalue weighted by Crippen LogP contribution is 2.05. The molecule has 10 nitrogen and oxygen atoms in total. The number of nitrogens with zero attached hydrogens (tertiary/aromatic N) is 4. The summed E-state index contributed by atoms with van der Waals surface area (Å²) in [7, 11) is 0. The number of rotatable bonds is 9. The fourth-order valence-electron chi connectivity index (χ4n) is 3.56. The van der Waals surface area contributed by atoms with E-state index in [1.54, 1.807) is 36.4 Å². The zero-order valence-electron chi connectivity index (χ0n) is 18.4. The molecular weight excluding hydrogens is 436 g/mol. The topological polar surface area (TPSA) is 128 Å². The molecule has 0 bridgehead atoms. The average molecular weight is 460 g/mol. The molecule has 2 aromatic carbocycles. The van der Waals surface area contributed by atoms with Crippen molar-refractivity contribution in [1.29, 1.82) is 0 Å². The van der Waals surface area contributed by atoms with Crippen molar-refractivity contribution in [3.8, 4) is 0 Å². The Labute approximate surface area is 194 Å². The number of aryl methyl sites for hydroxylation is 2. The predicted octanol–water partition coefficient (Wildman–Crippen LogP) is 0.819. The minimum Gasteiger partial charge on any atom is -0.354 e. The summed E-state index contributed by atoms with van der Waals surface area (Å²) in [5.41, 5.74) is 0.856. The molecule has 0 saturated heterocycles. The summed E-state index contributed by atoms with van der Waals surface area (Å²) in [6.45, 7) is 0.937. The summed E-state index contributed by atoms with van der Waals surface area (Å²) in [5.74, 6) is -0.466. The van der Waals surface area contributed by atoms with Crippen LogP contribution in [0.4, 0.5) is 0 Å². The highest BCUT2D eigenvalue weighted by molar-refractivity contribution is 5.78. The summed E-state index contributed by atoms with van der Waals surface area (Å²) in [5, 5.41) is 6.44. The maximum absolute atomic E-state index is 12.4. The number of hydrogen-bond donors (Lipinski definition) is 2. The SMILES string of the molecule is O=C(CCn1cnc2ccccc2c1=O)NCCNC(=O)CCn1cnc2ccccc2c1=O. The molecule has 0 radical (unpaired) electrons. The van der Waals surface area contributed by atoms with Gasteiger partial charge in [0.15, 0.2) is 0 Å². The molecule has 4 aromatic rings. The van der Waals surface area contributed by atoms with Gasteiger partial charge in [0.05, 0.1) is 34.5 Å². The Bertz CT molecular complexity index is 1350. The zero-order chi connectivity index (χ0) is 23.9. The van der Waals surface area contributed by atoms with Crippen LogP contribution in [0, 0.1) is 0 Å². The van der Waals surface area contributed by atoms with Crippen molar-refractivity contribution in [1.82, 2.24) is 29.7 Å². The van der Waals surface area contributed by atoms with Gasteiger partial charge in [-0.3, -0.25) is 28.3 Å². The van der Waals surface area contributed by atoms with E-state index >= 15 is 0 Å². The zero-order valence-corrected chi connectivity index (χ0v) is 18.4. The third kappa shape index (κ3) is 5.34. The lowest BCUT2D eigenvalue weighted by Crippen LogP contribution is -2.36. The fraction of sp³-hybridized carbons (Fsp3) is 0.250. The van der Waals surface area contributed by atoms with Gasteiger partial charge >= 0.3 is 0 Å². The Morgan fingerprint density at radius 2 is 1.09 bits per heavy atom. The molecule has 2 amide bonds. The molecular formula is C24H24N6O4. The van der Waals surface area contributed by atoms with Crippen molar-refractivity contribution in [3.05, 3.63) is 81.9 Å². The first-order chi connectivity index (χ1) is 16.5. The largest absolute Gasteiger partial charge is 0.354 e. The molecule has 0 unspecified atom stereocenters. The lowest BCUT2D eigenvalue weighted by atomic mass is 10.2. The van der Waals surface area contributed by atoms with Crippen LogP contribution in [0.25, 0.3) is 21.8 Å². The minimum absolute atomic E-state index is 0.117. The second-order valence-electron chi connectivity index (χ2n) is 7.72. The molecule has 2 heterocycles. The molecule has 4 rings (SSSR count). The maximum Gasteiger partial charge on any atom is 0.261 e. The van der Waals surface area contributed by atoms with Crippen LogP contribution in [0.3, 0.4) is 0 Å². The molecule has 0 aliphatic rings. The summed E-state index contributed by atoms with van der Waals surface area (Å²) < 4.78 is 2.82. The van der Waals surface area contributed by atoms with E-state index in [4.69, 9.17) is 0 Å². The van der Waals surface area contributed by atoms with E-state index in [-0.39, 0.29) is 62.0 Å². The Balaban J connectivity index is 1.17. The molecule has 10 heteroatoms. The molecule has 0 spiro atoms. The van der Waals surface area contributed by atoms with Crippen LogP contribution in [0.2, 0.25) is 0 Å². The van der Waals surface area contributed by atoms with Crippen molar-refractivity contribution in [2.75, 3.05) is 13.1 Å². The standard InChI is InChI=1S/C24H24N6O4/c31-21(9-13-29-15-27-19-7-3-1-5-17(19)23(29)33)25-11-12-26-22(32)10-14-30-16-28-20-8-4-2-6-18(20)24(30)34/h1-8,15-16H,9-14H2,(H,25,31)(H,26,32). The lowest BCUT2D eigenvalue weighted by molar-refractivity contribution is -0.123. The van der Waals surface area contributed by atoms with Gasteiger partial charge in [0, 0.05) is 39.0 Å². The van der Waals surface area contributed by atoms with Gasteiger partial charge < -0.3 is 10.6 Å². The van der Waals surface area contributed by atoms with Gasteiger partial charge in [-0.1, -0.05) is 24.3 Å². The van der Waals surface area contributed by atoms with Crippen LogP contribution in [0.5, 0.6) is 0 Å². The number of amides is 2. The smallest absolute Gasteiger partial charge is 0.261 e. The van der Waals surface area contributed by atoms with E-state index < -0.39 is 0 Å². The predicted molar refractivity (Wildman–Crippen MR) is 127 cm³/mol. The normalized spacial score (nSPS) is 10.9. The third-order valence-corrected chi connectivity index (χ3v) is 5.39. The summed E-state index contributed by atoms with van der Waals surface area (Å²) in [6, 6.07) is 14.1. The number of nitrogens with one attached hydrogen (secondary N) is 2. The van der Waals surface area contributed by atoms with Gasteiger partial charge in [-0.05, 0) is 24.3 Å². The van der Waals surface area contributed by atoms with Crippen molar-refractivity contribution in [3.63, 3.8) is 0 Å². The summed E-state index contributed by atoms with van der Waals surface area (Å²) in [4.78, 5) is 57.5. The summed E-state index contributed by atoms with van der Waals surface area (Å²) >= 11 is 0. The van der Waals surface area contributed by atoms with Crippen LogP contribution in [0.15, 0.2) is 70.8 Å². The van der Waals surface area contributed by atoms with Gasteiger partial charge in [0.2, 0.25) is 11.8 Å². The van der Waals surface area contributed by atoms with E-state index in [1.165, 1.54) is 21.8 Å². The highest BCUT2D eigenvalue weighted by atomic mass is 16.2. The van der Waals surface area contributed by atoms with E-state index in [2.05, 4.69) is 20.6 Å². The molecule has 34 heavy (non-hydrogen) atoms. The van der Waals surface area contributed by atoms with Crippen LogP contribution in [-0.2, 0) is 22.7 Å². The number of hydrogen-bond acceptors (Lipinski definition) is 6. The molecule has 0 fully saturated rings. The van der Waals surface area contributed by atoms with E-state index in [9.17, 15) is 19.2 Å². The van der Waals surface area contributed by atoms with Crippen LogP contribution < -0.4 is 21.8 Å². The van der Waals surface area contributed by atoms with E-state index in [0.717, 1.165) is 0 Å². The van der Waals surface area contributed by atoms with Gasteiger partial charge in [-0.2, -0.15) is 0 Å². The Morgan fingerprint density at radius 3 is 1.53 bits per heavy atom. The third-order valence-electron chi connectivity index (χ3n) is 5.39. The molecule has 2 N–H and O–H groups in total. The second kappa shape index (κ2) is 10.5. The molecule has 0 aliphatic heterocycles. The first-order valence-electron chi connectivity index (χ1n) is 10.9. The monoisotopic (exact) mass is 460 g/mol. The van der Waals surface area contributed by atoms with Gasteiger partial charge in [0.1, 0.15) is 0 Å². The summed E-state index contributed by atoms with van der Waals surface area (Å²) in [6.07, 6.45) is 3.11. The number of benzene rings is 2. The highest BCUT2D eigenvalue weighted by Gasteiger charge is 2.08. The van der Waals surface area contributed by atoms with Crippen LogP contribution in [0.1, 0.15) is 12.8 Å². The Hall–Kier alpha value is -4.34. The van der Waals surface area contributed by atoms with Gasteiger partial charge in [-0.15, -0.1) is 0 Å². The number of para-hydroxylation sites is 2.